The fourth-order valence-electron chi connectivity index (χ4n) is 2.11. The van der Waals surface area contributed by atoms with Crippen molar-refractivity contribution in [2.24, 2.45) is 0 Å². The van der Waals surface area contributed by atoms with Crippen LogP contribution < -0.4 is 10.1 Å². The number of halogens is 1. The third kappa shape index (κ3) is 3.90. The molecular weight excluding hydrogens is 269 g/mol. The fourth-order valence-corrected chi connectivity index (χ4v) is 2.11. The van der Waals surface area contributed by atoms with Gasteiger partial charge in [0.2, 0.25) is 0 Å². The summed E-state index contributed by atoms with van der Waals surface area (Å²) in [6.45, 7) is 4.48. The number of ether oxygens (including phenoxy) is 1. The van der Waals surface area contributed by atoms with Gasteiger partial charge in [-0.2, -0.15) is 0 Å². The van der Waals surface area contributed by atoms with Crippen LogP contribution in [-0.2, 0) is 13.0 Å². The highest BCUT2D eigenvalue weighted by Crippen LogP contribution is 2.19. The van der Waals surface area contributed by atoms with Gasteiger partial charge in [0.25, 0.3) is 0 Å². The quantitative estimate of drug-likeness (QED) is 0.884. The maximum absolute atomic E-state index is 13.7. The largest absolute Gasteiger partial charge is 0.494 e. The molecular formula is C16H20FN3O. The number of anilines is 1. The van der Waals surface area contributed by atoms with Crippen LogP contribution >= 0.6 is 0 Å². The second-order valence-corrected chi connectivity index (χ2v) is 4.86. The summed E-state index contributed by atoms with van der Waals surface area (Å²) in [5.74, 6) is 1.44. The Balaban J connectivity index is 2.12. The first-order valence-electron chi connectivity index (χ1n) is 7.02. The van der Waals surface area contributed by atoms with E-state index in [0.29, 0.717) is 6.54 Å². The van der Waals surface area contributed by atoms with Gasteiger partial charge in [-0.3, -0.25) is 0 Å². The average Bonchev–Trinajstić information content (AvgIpc) is 2.48. The molecule has 1 aromatic heterocycles. The molecule has 0 atom stereocenters. The predicted octanol–water partition coefficient (Wildman–Crippen LogP) is 3.50. The van der Waals surface area contributed by atoms with Crippen LogP contribution in [0.4, 0.5) is 10.2 Å². The third-order valence-electron chi connectivity index (χ3n) is 3.18. The van der Waals surface area contributed by atoms with Crippen molar-refractivity contribution in [2.75, 3.05) is 12.4 Å². The van der Waals surface area contributed by atoms with Crippen LogP contribution in [0.15, 0.2) is 24.4 Å². The molecule has 2 aromatic rings. The van der Waals surface area contributed by atoms with Crippen LogP contribution in [0.2, 0.25) is 0 Å². The number of hydrogen-bond donors (Lipinski definition) is 1. The van der Waals surface area contributed by atoms with Gasteiger partial charge >= 0.3 is 0 Å². The van der Waals surface area contributed by atoms with Crippen molar-refractivity contribution < 1.29 is 9.13 Å². The molecule has 4 nitrogen and oxygen atoms in total. The number of hydrogen-bond acceptors (Lipinski definition) is 4. The fraction of sp³-hybridized carbons (Fsp3) is 0.375. The van der Waals surface area contributed by atoms with E-state index < -0.39 is 0 Å². The third-order valence-corrected chi connectivity index (χ3v) is 3.18. The van der Waals surface area contributed by atoms with Gasteiger partial charge in [0, 0.05) is 18.3 Å². The summed E-state index contributed by atoms with van der Waals surface area (Å²) in [6, 6.07) is 4.94. The molecule has 1 N–H and O–H groups in total. The molecule has 0 aliphatic heterocycles. The number of aryl methyl sites for hydroxylation is 2. The van der Waals surface area contributed by atoms with Crippen LogP contribution in [0.3, 0.4) is 0 Å². The Bertz CT molecular complexity index is 616. The molecule has 0 amide bonds. The molecule has 0 saturated carbocycles. The summed E-state index contributed by atoms with van der Waals surface area (Å²) in [5.41, 5.74) is 1.92. The van der Waals surface area contributed by atoms with Crippen LogP contribution in [0, 0.1) is 12.7 Å². The summed E-state index contributed by atoms with van der Waals surface area (Å²) in [4.78, 5) is 8.64. The van der Waals surface area contributed by atoms with Gasteiger partial charge in [-0.15, -0.1) is 0 Å². The minimum absolute atomic E-state index is 0.253. The van der Waals surface area contributed by atoms with E-state index in [9.17, 15) is 4.39 Å². The number of nitrogens with zero attached hydrogens (tertiary/aromatic N) is 2. The van der Waals surface area contributed by atoms with Crippen molar-refractivity contribution in [3.05, 3.63) is 47.2 Å². The van der Waals surface area contributed by atoms with Gasteiger partial charge in [-0.1, -0.05) is 19.4 Å². The van der Waals surface area contributed by atoms with Crippen molar-refractivity contribution in [3.8, 4) is 5.75 Å². The molecule has 0 aliphatic carbocycles. The highest BCUT2D eigenvalue weighted by Gasteiger charge is 2.07. The zero-order valence-electron chi connectivity index (χ0n) is 12.6. The number of methoxy groups -OCH3 is 1. The minimum atomic E-state index is -0.357. The van der Waals surface area contributed by atoms with Gasteiger partial charge in [-0.25, -0.2) is 14.4 Å². The van der Waals surface area contributed by atoms with Crippen molar-refractivity contribution in [1.29, 1.82) is 0 Å². The highest BCUT2D eigenvalue weighted by molar-refractivity contribution is 5.44. The highest BCUT2D eigenvalue weighted by atomic mass is 19.1. The first-order valence-corrected chi connectivity index (χ1v) is 7.02. The zero-order valence-corrected chi connectivity index (χ0v) is 12.6. The molecule has 0 bridgehead atoms. The lowest BCUT2D eigenvalue weighted by Crippen LogP contribution is -2.07. The summed E-state index contributed by atoms with van der Waals surface area (Å²) < 4.78 is 18.6. The lowest BCUT2D eigenvalue weighted by atomic mass is 10.1. The topological polar surface area (TPSA) is 47.0 Å². The SMILES string of the molecule is CCCc1cnc(C)nc1NCc1ccc(OC)c(F)c1. The Hall–Kier alpha value is -2.17. The normalized spacial score (nSPS) is 10.5. The van der Waals surface area contributed by atoms with E-state index in [1.807, 2.05) is 19.2 Å². The Labute approximate surface area is 124 Å². The van der Waals surface area contributed by atoms with Crippen molar-refractivity contribution in [3.63, 3.8) is 0 Å². The summed E-state index contributed by atoms with van der Waals surface area (Å²) in [6.07, 6.45) is 3.79. The van der Waals surface area contributed by atoms with Crippen molar-refractivity contribution in [2.45, 2.75) is 33.2 Å². The van der Waals surface area contributed by atoms with Gasteiger partial charge < -0.3 is 10.1 Å². The molecule has 1 heterocycles. The molecule has 0 spiro atoms. The second kappa shape index (κ2) is 7.02. The molecule has 0 saturated heterocycles. The maximum atomic E-state index is 13.7. The molecule has 112 valence electrons. The minimum Gasteiger partial charge on any atom is -0.494 e. The Kier molecular flexibility index (Phi) is 5.09. The molecule has 1 aromatic carbocycles. The van der Waals surface area contributed by atoms with Crippen LogP contribution in [0.1, 0.15) is 30.3 Å². The monoisotopic (exact) mass is 289 g/mol. The van der Waals surface area contributed by atoms with Gasteiger partial charge in [0.05, 0.1) is 7.11 Å². The van der Waals surface area contributed by atoms with Crippen LogP contribution in [0.25, 0.3) is 0 Å². The number of benzene rings is 1. The molecule has 0 unspecified atom stereocenters. The number of nitrogens with one attached hydrogen (secondary N) is 1. The molecule has 0 radical (unpaired) electrons. The Morgan fingerprint density at radius 2 is 2.14 bits per heavy atom. The maximum Gasteiger partial charge on any atom is 0.165 e. The lowest BCUT2D eigenvalue weighted by Gasteiger charge is -2.11. The summed E-state index contributed by atoms with van der Waals surface area (Å²) in [7, 11) is 1.46. The van der Waals surface area contributed by atoms with E-state index in [2.05, 4.69) is 22.2 Å². The smallest absolute Gasteiger partial charge is 0.165 e. The average molecular weight is 289 g/mol. The van der Waals surface area contributed by atoms with E-state index in [1.165, 1.54) is 13.2 Å². The Morgan fingerprint density at radius 1 is 1.33 bits per heavy atom. The van der Waals surface area contributed by atoms with Crippen LogP contribution in [-0.4, -0.2) is 17.1 Å². The van der Waals surface area contributed by atoms with Gasteiger partial charge in [0.15, 0.2) is 11.6 Å². The van der Waals surface area contributed by atoms with E-state index >= 15 is 0 Å². The first kappa shape index (κ1) is 15.2. The van der Waals surface area contributed by atoms with E-state index in [0.717, 1.165) is 35.6 Å². The summed E-state index contributed by atoms with van der Waals surface area (Å²) in [5, 5.41) is 3.26. The number of aromatic nitrogens is 2. The van der Waals surface area contributed by atoms with E-state index in [-0.39, 0.29) is 11.6 Å². The van der Waals surface area contributed by atoms with E-state index in [4.69, 9.17) is 4.74 Å². The predicted molar refractivity (Wildman–Crippen MR) is 81.0 cm³/mol. The van der Waals surface area contributed by atoms with E-state index in [1.54, 1.807) is 6.07 Å². The van der Waals surface area contributed by atoms with Gasteiger partial charge in [-0.05, 0) is 31.0 Å². The zero-order chi connectivity index (χ0) is 15.2. The lowest BCUT2D eigenvalue weighted by molar-refractivity contribution is 0.386. The molecule has 2 rings (SSSR count). The number of rotatable bonds is 6. The van der Waals surface area contributed by atoms with Crippen LogP contribution in [0.5, 0.6) is 5.75 Å². The summed E-state index contributed by atoms with van der Waals surface area (Å²) >= 11 is 0. The molecule has 5 heteroatoms. The molecule has 0 aliphatic rings. The molecule has 0 fully saturated rings. The van der Waals surface area contributed by atoms with Gasteiger partial charge in [0.1, 0.15) is 11.6 Å². The second-order valence-electron chi connectivity index (χ2n) is 4.86. The first-order chi connectivity index (χ1) is 10.1. The Morgan fingerprint density at radius 3 is 2.81 bits per heavy atom. The molecule has 21 heavy (non-hydrogen) atoms. The van der Waals surface area contributed by atoms with Crippen molar-refractivity contribution in [1.82, 2.24) is 9.97 Å². The standard InChI is InChI=1S/C16H20FN3O/c1-4-5-13-10-18-11(2)20-16(13)19-9-12-6-7-15(21-3)14(17)8-12/h6-8,10H,4-5,9H2,1-3H3,(H,18,19,20). The van der Waals surface area contributed by atoms with Crippen molar-refractivity contribution >= 4 is 5.82 Å².